The van der Waals surface area contributed by atoms with Gasteiger partial charge in [-0.15, -0.1) is 0 Å². The van der Waals surface area contributed by atoms with Gasteiger partial charge in [0.1, 0.15) is 12.0 Å². The molecule has 0 bridgehead atoms. The van der Waals surface area contributed by atoms with Gasteiger partial charge >= 0.3 is 5.97 Å². The van der Waals surface area contributed by atoms with Crippen molar-refractivity contribution in [2.45, 2.75) is 58.5 Å². The number of rotatable bonds is 2. The topological polar surface area (TPSA) is 30.7 Å². The zero-order chi connectivity index (χ0) is 15.3. The Balaban J connectivity index is 1.59. The molecule has 122 valence electrons. The van der Waals surface area contributed by atoms with Crippen LogP contribution < -0.4 is 4.90 Å². The predicted molar refractivity (Wildman–Crippen MR) is 85.5 cm³/mol. The van der Waals surface area contributed by atoms with Crippen molar-refractivity contribution in [3.63, 3.8) is 0 Å². The highest BCUT2D eigenvalue weighted by Crippen LogP contribution is 2.53. The van der Waals surface area contributed by atoms with Crippen molar-refractivity contribution in [2.24, 2.45) is 23.2 Å². The van der Waals surface area contributed by atoms with E-state index >= 15 is 0 Å². The molecule has 0 amide bonds. The summed E-state index contributed by atoms with van der Waals surface area (Å²) in [7, 11) is 0. The number of carbonyl (C=O) groups excluding carboxylic acids is 1. The van der Waals surface area contributed by atoms with Crippen molar-refractivity contribution in [3.8, 4) is 0 Å². The zero-order valence-corrected chi connectivity index (χ0v) is 14.1. The molecular formula is C19H30NO2+. The molecular weight excluding hydrogens is 274 g/mol. The highest BCUT2D eigenvalue weighted by atomic mass is 16.6. The number of ether oxygens (including phenoxy) is 1. The first-order chi connectivity index (χ1) is 10.6. The molecule has 3 nitrogen and oxygen atoms in total. The van der Waals surface area contributed by atoms with Gasteiger partial charge in [-0.05, 0) is 30.6 Å². The van der Waals surface area contributed by atoms with E-state index in [2.05, 4.69) is 19.9 Å². The fourth-order valence-corrected chi connectivity index (χ4v) is 5.67. The lowest BCUT2D eigenvalue weighted by Gasteiger charge is -2.46. The second-order valence-corrected chi connectivity index (χ2v) is 8.50. The molecule has 0 aromatic carbocycles. The van der Waals surface area contributed by atoms with Crippen molar-refractivity contribution in [1.29, 1.82) is 0 Å². The lowest BCUT2D eigenvalue weighted by molar-refractivity contribution is -0.890. The Bertz CT molecular complexity index is 494. The quantitative estimate of drug-likeness (QED) is 0.625. The van der Waals surface area contributed by atoms with Gasteiger partial charge < -0.3 is 9.64 Å². The molecule has 1 saturated carbocycles. The van der Waals surface area contributed by atoms with Crippen LogP contribution in [0.25, 0.3) is 0 Å². The van der Waals surface area contributed by atoms with E-state index in [-0.39, 0.29) is 23.4 Å². The highest BCUT2D eigenvalue weighted by molar-refractivity contribution is 5.76. The molecule has 4 rings (SSSR count). The van der Waals surface area contributed by atoms with Gasteiger partial charge in [-0.1, -0.05) is 31.9 Å². The van der Waals surface area contributed by atoms with E-state index in [9.17, 15) is 4.79 Å². The highest BCUT2D eigenvalue weighted by Gasteiger charge is 2.52. The molecule has 5 atom stereocenters. The average molecular weight is 304 g/mol. The fourth-order valence-electron chi connectivity index (χ4n) is 5.67. The van der Waals surface area contributed by atoms with Crippen LogP contribution in [0.2, 0.25) is 0 Å². The summed E-state index contributed by atoms with van der Waals surface area (Å²) in [6.45, 7) is 8.26. The third-order valence-electron chi connectivity index (χ3n) is 6.90. The summed E-state index contributed by atoms with van der Waals surface area (Å²) in [5.74, 6) is 1.24. The van der Waals surface area contributed by atoms with Crippen LogP contribution in [-0.2, 0) is 9.53 Å². The van der Waals surface area contributed by atoms with E-state index in [0.717, 1.165) is 13.0 Å². The fraction of sp³-hybridized carbons (Fsp3) is 0.842. The van der Waals surface area contributed by atoms with Crippen molar-refractivity contribution in [3.05, 3.63) is 11.6 Å². The van der Waals surface area contributed by atoms with E-state index in [4.69, 9.17) is 4.74 Å². The molecule has 2 aliphatic carbocycles. The second-order valence-electron chi connectivity index (χ2n) is 8.50. The largest absolute Gasteiger partial charge is 0.461 e. The van der Waals surface area contributed by atoms with Crippen molar-refractivity contribution >= 4 is 5.97 Å². The minimum absolute atomic E-state index is 0.0844. The van der Waals surface area contributed by atoms with Crippen LogP contribution in [0.5, 0.6) is 0 Å². The van der Waals surface area contributed by atoms with Crippen molar-refractivity contribution < 1.29 is 14.4 Å². The molecule has 0 unspecified atom stereocenters. The van der Waals surface area contributed by atoms with Gasteiger partial charge in [0.2, 0.25) is 0 Å². The van der Waals surface area contributed by atoms with Crippen LogP contribution in [0, 0.1) is 23.2 Å². The first-order valence-corrected chi connectivity index (χ1v) is 9.33. The summed E-state index contributed by atoms with van der Waals surface area (Å²) < 4.78 is 5.84. The molecule has 2 saturated heterocycles. The van der Waals surface area contributed by atoms with Crippen LogP contribution in [0.15, 0.2) is 11.6 Å². The molecule has 1 N–H and O–H groups in total. The molecule has 0 aromatic heterocycles. The van der Waals surface area contributed by atoms with Crippen LogP contribution >= 0.6 is 0 Å². The normalized spacial score (nSPS) is 45.2. The van der Waals surface area contributed by atoms with E-state index in [1.54, 1.807) is 10.5 Å². The van der Waals surface area contributed by atoms with E-state index < -0.39 is 0 Å². The van der Waals surface area contributed by atoms with Gasteiger partial charge in [-0.25, -0.2) is 0 Å². The number of esters is 1. The number of nitrogens with one attached hydrogen (secondary N) is 1. The van der Waals surface area contributed by atoms with Gasteiger partial charge in [-0.2, -0.15) is 0 Å². The van der Waals surface area contributed by atoms with Crippen LogP contribution in [0.1, 0.15) is 52.4 Å². The molecule has 0 spiro atoms. The number of hydrogen-bond acceptors (Lipinski definition) is 2. The first-order valence-electron chi connectivity index (χ1n) is 9.33. The lowest BCUT2D eigenvalue weighted by Crippen LogP contribution is -3.10. The second kappa shape index (κ2) is 5.36. The summed E-state index contributed by atoms with van der Waals surface area (Å²) in [4.78, 5) is 14.1. The molecule has 0 aromatic rings. The molecule has 4 aliphatic rings. The standard InChI is InChI=1S/C19H29NO2/c1-13-6-5-7-19(2)11-17-14(10-16(13)19)15(18(21)22-17)12-20-8-3-4-9-20/h10,13-15,17H,3-9,11-12H2,1-2H3/p+1/t13-,14+,15-,17+,19+/m0/s1. The summed E-state index contributed by atoms with van der Waals surface area (Å²) in [5, 5.41) is 0. The smallest absolute Gasteiger partial charge is 0.315 e. The lowest BCUT2D eigenvalue weighted by atomic mass is 9.59. The Morgan fingerprint density at radius 1 is 1.32 bits per heavy atom. The van der Waals surface area contributed by atoms with Gasteiger partial charge in [0.05, 0.1) is 19.6 Å². The maximum atomic E-state index is 12.5. The summed E-state index contributed by atoms with van der Waals surface area (Å²) in [6, 6.07) is 0. The number of carbonyl (C=O) groups is 1. The Hall–Kier alpha value is -0.830. The van der Waals surface area contributed by atoms with E-state index in [1.807, 2.05) is 0 Å². The number of likely N-dealkylation sites (tertiary alicyclic amines) is 1. The van der Waals surface area contributed by atoms with Gasteiger partial charge in [0.25, 0.3) is 0 Å². The SMILES string of the molecule is C[C@H]1CCC[C@]2(C)C[C@H]3OC(=O)[C@@H](C[NH+]4CCCC4)[C@H]3C=C12. The Morgan fingerprint density at radius 2 is 2.09 bits per heavy atom. The Kier molecular flexibility index (Phi) is 3.60. The van der Waals surface area contributed by atoms with Crippen LogP contribution in [-0.4, -0.2) is 31.7 Å². The van der Waals surface area contributed by atoms with E-state index in [0.29, 0.717) is 11.8 Å². The maximum absolute atomic E-state index is 12.5. The van der Waals surface area contributed by atoms with E-state index in [1.165, 1.54) is 45.2 Å². The minimum Gasteiger partial charge on any atom is -0.461 e. The Labute approximate surface area is 134 Å². The monoisotopic (exact) mass is 304 g/mol. The maximum Gasteiger partial charge on any atom is 0.315 e. The third kappa shape index (κ3) is 2.33. The first kappa shape index (κ1) is 14.7. The molecule has 3 fully saturated rings. The molecule has 22 heavy (non-hydrogen) atoms. The summed E-state index contributed by atoms with van der Waals surface area (Å²) in [5.41, 5.74) is 1.92. The number of allylic oxidation sites excluding steroid dienone is 1. The van der Waals surface area contributed by atoms with Crippen LogP contribution in [0.3, 0.4) is 0 Å². The van der Waals surface area contributed by atoms with Crippen LogP contribution in [0.4, 0.5) is 0 Å². The number of hydrogen-bond donors (Lipinski definition) is 1. The van der Waals surface area contributed by atoms with Crippen molar-refractivity contribution in [1.82, 2.24) is 0 Å². The van der Waals surface area contributed by atoms with Crippen molar-refractivity contribution in [2.75, 3.05) is 19.6 Å². The molecule has 3 heteroatoms. The zero-order valence-electron chi connectivity index (χ0n) is 14.1. The average Bonchev–Trinajstić information content (AvgIpc) is 3.06. The molecule has 0 radical (unpaired) electrons. The summed E-state index contributed by atoms with van der Waals surface area (Å²) in [6.07, 6.45) is 10.2. The van der Waals surface area contributed by atoms with Gasteiger partial charge in [-0.3, -0.25) is 4.79 Å². The molecule has 2 heterocycles. The number of fused-ring (bicyclic) bond motifs is 2. The Morgan fingerprint density at radius 3 is 2.86 bits per heavy atom. The molecule has 2 aliphatic heterocycles. The minimum atomic E-state index is 0.0844. The predicted octanol–water partition coefficient (Wildman–Crippen LogP) is 1.98. The number of quaternary nitrogens is 1. The van der Waals surface area contributed by atoms with Gasteiger partial charge in [0.15, 0.2) is 0 Å². The summed E-state index contributed by atoms with van der Waals surface area (Å²) >= 11 is 0. The third-order valence-corrected chi connectivity index (χ3v) is 6.90. The van der Waals surface area contributed by atoms with Gasteiger partial charge in [0, 0.05) is 18.8 Å².